The smallest absolute Gasteiger partial charge is 0.240 e. The second kappa shape index (κ2) is 7.35. The van der Waals surface area contributed by atoms with Crippen molar-refractivity contribution in [2.24, 2.45) is 0 Å². The fraction of sp³-hybridized carbons (Fsp3) is 0.167. The molecule has 3 aromatic rings. The predicted molar refractivity (Wildman–Crippen MR) is 96.5 cm³/mol. The van der Waals surface area contributed by atoms with Gasteiger partial charge in [0.2, 0.25) is 10.0 Å². The Morgan fingerprint density at radius 3 is 2.38 bits per heavy atom. The Kier molecular flexibility index (Phi) is 5.15. The molecule has 2 N–H and O–H groups in total. The summed E-state index contributed by atoms with van der Waals surface area (Å²) in [6.45, 7) is 2.14. The van der Waals surface area contributed by atoms with Gasteiger partial charge in [0.1, 0.15) is 17.2 Å². The number of pyridine rings is 1. The molecule has 1 heterocycles. The first-order chi connectivity index (χ1) is 12.4. The van der Waals surface area contributed by atoms with Crippen molar-refractivity contribution < 1.29 is 17.2 Å². The SMILES string of the molecule is Cc1ccc(S(=O)(=O)NCCNc2ccnc3c(F)ccc(F)c23)cc1. The third-order valence-electron chi connectivity index (χ3n) is 3.86. The molecule has 26 heavy (non-hydrogen) atoms. The van der Waals surface area contributed by atoms with Crippen LogP contribution in [-0.2, 0) is 10.0 Å². The molecule has 0 aliphatic carbocycles. The zero-order chi connectivity index (χ0) is 18.7. The van der Waals surface area contributed by atoms with Crippen LogP contribution >= 0.6 is 0 Å². The summed E-state index contributed by atoms with van der Waals surface area (Å²) in [6.07, 6.45) is 1.36. The molecule has 136 valence electrons. The van der Waals surface area contributed by atoms with Gasteiger partial charge < -0.3 is 5.32 Å². The van der Waals surface area contributed by atoms with Crippen LogP contribution in [0.25, 0.3) is 10.9 Å². The molecule has 0 aliphatic heterocycles. The number of hydrogen-bond donors (Lipinski definition) is 2. The zero-order valence-electron chi connectivity index (χ0n) is 14.0. The fourth-order valence-corrected chi connectivity index (χ4v) is 3.56. The fourth-order valence-electron chi connectivity index (χ4n) is 2.52. The van der Waals surface area contributed by atoms with Gasteiger partial charge in [-0.15, -0.1) is 0 Å². The first-order valence-corrected chi connectivity index (χ1v) is 9.40. The Morgan fingerprint density at radius 2 is 1.65 bits per heavy atom. The van der Waals surface area contributed by atoms with E-state index < -0.39 is 21.7 Å². The maximum absolute atomic E-state index is 14.0. The first kappa shape index (κ1) is 18.2. The summed E-state index contributed by atoms with van der Waals surface area (Å²) < 4.78 is 54.7. The third kappa shape index (κ3) is 3.81. The van der Waals surface area contributed by atoms with Crippen LogP contribution in [0.2, 0.25) is 0 Å². The van der Waals surface area contributed by atoms with E-state index in [1.165, 1.54) is 24.4 Å². The number of nitrogens with one attached hydrogen (secondary N) is 2. The van der Waals surface area contributed by atoms with E-state index in [2.05, 4.69) is 15.0 Å². The molecular weight excluding hydrogens is 360 g/mol. The minimum absolute atomic E-state index is 0.0360. The van der Waals surface area contributed by atoms with Gasteiger partial charge in [0.25, 0.3) is 0 Å². The Bertz CT molecular complexity index is 1040. The first-order valence-electron chi connectivity index (χ1n) is 7.91. The lowest BCUT2D eigenvalue weighted by Crippen LogP contribution is -2.29. The number of fused-ring (bicyclic) bond motifs is 1. The Hall–Kier alpha value is -2.58. The highest BCUT2D eigenvalue weighted by molar-refractivity contribution is 7.89. The topological polar surface area (TPSA) is 71.1 Å². The van der Waals surface area contributed by atoms with E-state index in [9.17, 15) is 17.2 Å². The maximum atomic E-state index is 14.0. The van der Waals surface area contributed by atoms with Crippen molar-refractivity contribution in [3.8, 4) is 0 Å². The molecule has 0 fully saturated rings. The van der Waals surface area contributed by atoms with Crippen LogP contribution in [-0.4, -0.2) is 26.5 Å². The van der Waals surface area contributed by atoms with Crippen LogP contribution < -0.4 is 10.0 Å². The second-order valence-electron chi connectivity index (χ2n) is 5.75. The monoisotopic (exact) mass is 377 g/mol. The van der Waals surface area contributed by atoms with Crippen LogP contribution in [0.1, 0.15) is 5.56 Å². The van der Waals surface area contributed by atoms with E-state index in [0.717, 1.165) is 17.7 Å². The van der Waals surface area contributed by atoms with E-state index in [4.69, 9.17) is 0 Å². The molecule has 0 aliphatic rings. The molecule has 5 nitrogen and oxygen atoms in total. The molecule has 1 aromatic heterocycles. The number of aryl methyl sites for hydroxylation is 1. The summed E-state index contributed by atoms with van der Waals surface area (Å²) in [6, 6.07) is 10.0. The Labute approximate surface area is 150 Å². The number of sulfonamides is 1. The van der Waals surface area contributed by atoms with Gasteiger partial charge in [0.15, 0.2) is 0 Å². The second-order valence-corrected chi connectivity index (χ2v) is 7.52. The molecule has 3 rings (SSSR count). The quantitative estimate of drug-likeness (QED) is 0.647. The van der Waals surface area contributed by atoms with Crippen molar-refractivity contribution in [2.75, 3.05) is 18.4 Å². The summed E-state index contributed by atoms with van der Waals surface area (Å²) in [5.74, 6) is -1.22. The minimum Gasteiger partial charge on any atom is -0.383 e. The Morgan fingerprint density at radius 1 is 0.962 bits per heavy atom. The van der Waals surface area contributed by atoms with Crippen molar-refractivity contribution in [1.82, 2.24) is 9.71 Å². The molecule has 0 bridgehead atoms. The minimum atomic E-state index is -3.63. The largest absolute Gasteiger partial charge is 0.383 e. The number of benzene rings is 2. The van der Waals surface area contributed by atoms with Gasteiger partial charge >= 0.3 is 0 Å². The number of halogens is 2. The van der Waals surface area contributed by atoms with Gasteiger partial charge in [-0.05, 0) is 37.3 Å². The van der Waals surface area contributed by atoms with Gasteiger partial charge in [-0.25, -0.2) is 21.9 Å². The lowest BCUT2D eigenvalue weighted by molar-refractivity contribution is 0.583. The summed E-state index contributed by atoms with van der Waals surface area (Å²) in [7, 11) is -3.63. The molecular formula is C18H17F2N3O2S. The average molecular weight is 377 g/mol. The molecule has 0 atom stereocenters. The average Bonchev–Trinajstić information content (AvgIpc) is 2.62. The molecule has 8 heteroatoms. The van der Waals surface area contributed by atoms with Gasteiger partial charge in [-0.1, -0.05) is 17.7 Å². The molecule has 0 spiro atoms. The van der Waals surface area contributed by atoms with Crippen molar-refractivity contribution >= 4 is 26.6 Å². The predicted octanol–water partition coefficient (Wildman–Crippen LogP) is 3.21. The van der Waals surface area contributed by atoms with Crippen LogP contribution in [0.5, 0.6) is 0 Å². The van der Waals surface area contributed by atoms with Gasteiger partial charge in [0, 0.05) is 25.0 Å². The van der Waals surface area contributed by atoms with Crippen molar-refractivity contribution in [3.63, 3.8) is 0 Å². The third-order valence-corrected chi connectivity index (χ3v) is 5.33. The summed E-state index contributed by atoms with van der Waals surface area (Å²) in [5.41, 5.74) is 1.24. The van der Waals surface area contributed by atoms with Gasteiger partial charge in [0.05, 0.1) is 10.3 Å². The van der Waals surface area contributed by atoms with Crippen LogP contribution in [0.15, 0.2) is 53.6 Å². The van der Waals surface area contributed by atoms with Crippen LogP contribution in [0, 0.1) is 18.6 Å². The zero-order valence-corrected chi connectivity index (χ0v) is 14.8. The lowest BCUT2D eigenvalue weighted by Gasteiger charge is -2.11. The molecule has 2 aromatic carbocycles. The maximum Gasteiger partial charge on any atom is 0.240 e. The molecule has 0 radical (unpaired) electrons. The van der Waals surface area contributed by atoms with Crippen molar-refractivity contribution in [2.45, 2.75) is 11.8 Å². The molecule has 0 saturated carbocycles. The van der Waals surface area contributed by atoms with Crippen LogP contribution in [0.4, 0.5) is 14.5 Å². The highest BCUT2D eigenvalue weighted by Gasteiger charge is 2.14. The van der Waals surface area contributed by atoms with Gasteiger partial charge in [-0.3, -0.25) is 4.98 Å². The molecule has 0 amide bonds. The normalized spacial score (nSPS) is 11.7. The standard InChI is InChI=1S/C18H17F2N3O2S/c1-12-2-4-13(5-3-12)26(24,25)23-11-10-21-16-8-9-22-18-15(20)7-6-14(19)17(16)18/h2-9,23H,10-11H2,1H3,(H,21,22). The number of rotatable bonds is 6. The van der Waals surface area contributed by atoms with E-state index in [-0.39, 0.29) is 28.9 Å². The van der Waals surface area contributed by atoms with E-state index in [1.54, 1.807) is 12.1 Å². The van der Waals surface area contributed by atoms with Crippen molar-refractivity contribution in [1.29, 1.82) is 0 Å². The number of nitrogens with zero attached hydrogens (tertiary/aromatic N) is 1. The highest BCUT2D eigenvalue weighted by Crippen LogP contribution is 2.26. The van der Waals surface area contributed by atoms with Crippen LogP contribution in [0.3, 0.4) is 0 Å². The summed E-state index contributed by atoms with van der Waals surface area (Å²) in [4.78, 5) is 4.02. The van der Waals surface area contributed by atoms with Crippen molar-refractivity contribution in [3.05, 3.63) is 65.9 Å². The summed E-state index contributed by atoms with van der Waals surface area (Å²) >= 11 is 0. The number of aromatic nitrogens is 1. The highest BCUT2D eigenvalue weighted by atomic mass is 32.2. The van der Waals surface area contributed by atoms with E-state index in [1.807, 2.05) is 6.92 Å². The van der Waals surface area contributed by atoms with Gasteiger partial charge in [-0.2, -0.15) is 0 Å². The molecule has 0 unspecified atom stereocenters. The molecule has 0 saturated heterocycles. The summed E-state index contributed by atoms with van der Waals surface area (Å²) in [5, 5.41) is 2.95. The number of anilines is 1. The Balaban J connectivity index is 1.68. The lowest BCUT2D eigenvalue weighted by atomic mass is 10.1. The number of hydrogen-bond acceptors (Lipinski definition) is 4. The van der Waals surface area contributed by atoms with E-state index in [0.29, 0.717) is 5.69 Å². The van der Waals surface area contributed by atoms with E-state index >= 15 is 0 Å².